The lowest BCUT2D eigenvalue weighted by Gasteiger charge is -2.36. The molecule has 1 aliphatic heterocycles. The van der Waals surface area contributed by atoms with Crippen molar-refractivity contribution in [1.82, 2.24) is 4.90 Å². The Labute approximate surface area is 121 Å². The molecular weight excluding hydrogens is 258 g/mol. The third kappa shape index (κ3) is 4.79. The molecule has 1 saturated heterocycles. The fraction of sp³-hybridized carbons (Fsp3) is 0.625. The van der Waals surface area contributed by atoms with Crippen molar-refractivity contribution in [2.45, 2.75) is 57.7 Å². The lowest BCUT2D eigenvalue weighted by molar-refractivity contribution is 0.108. The molecule has 1 N–H and O–H groups in total. The van der Waals surface area contributed by atoms with E-state index in [1.54, 1.807) is 0 Å². The van der Waals surface area contributed by atoms with Crippen LogP contribution in [-0.2, 0) is 6.54 Å². The predicted molar refractivity (Wildman–Crippen MR) is 80.4 cm³/mol. The van der Waals surface area contributed by atoms with Crippen molar-refractivity contribution in [2.24, 2.45) is 0 Å². The van der Waals surface area contributed by atoms with Crippen LogP contribution in [0.5, 0.6) is 0 Å². The molecule has 2 unspecified atom stereocenters. The average molecular weight is 282 g/mol. The van der Waals surface area contributed by atoms with E-state index in [1.807, 2.05) is 19.1 Å². The van der Waals surface area contributed by atoms with Gasteiger partial charge in [-0.3, -0.25) is 4.90 Å². The van der Waals surface area contributed by atoms with E-state index in [0.29, 0.717) is 6.04 Å². The summed E-state index contributed by atoms with van der Waals surface area (Å²) in [7, 11) is 0. The van der Waals surface area contributed by atoms with Crippen molar-refractivity contribution in [2.75, 3.05) is 6.54 Å². The van der Waals surface area contributed by atoms with Crippen LogP contribution in [0.4, 0.5) is 0 Å². The Balaban J connectivity index is 1.93. The smallest absolute Gasteiger partial charge is 0.0512 e. The number of rotatable bonds is 5. The van der Waals surface area contributed by atoms with Crippen molar-refractivity contribution in [3.8, 4) is 0 Å². The largest absolute Gasteiger partial charge is 0.393 e. The van der Waals surface area contributed by atoms with E-state index in [2.05, 4.69) is 17.0 Å². The summed E-state index contributed by atoms with van der Waals surface area (Å²) in [5.41, 5.74) is 1.33. The van der Waals surface area contributed by atoms with E-state index in [4.69, 9.17) is 11.6 Å². The minimum atomic E-state index is -0.181. The van der Waals surface area contributed by atoms with Gasteiger partial charge in [0.05, 0.1) is 6.10 Å². The maximum absolute atomic E-state index is 9.46. The lowest BCUT2D eigenvalue weighted by Crippen LogP contribution is -2.39. The SMILES string of the molecule is CC(O)CCC1CCCCN1Cc1ccc(Cl)cc1. The monoisotopic (exact) mass is 281 g/mol. The van der Waals surface area contributed by atoms with Gasteiger partial charge in [-0.2, -0.15) is 0 Å². The highest BCUT2D eigenvalue weighted by Gasteiger charge is 2.22. The Morgan fingerprint density at radius 1 is 1.32 bits per heavy atom. The number of aliphatic hydroxyl groups is 1. The highest BCUT2D eigenvalue weighted by atomic mass is 35.5. The van der Waals surface area contributed by atoms with Gasteiger partial charge in [-0.05, 0) is 56.8 Å². The molecule has 106 valence electrons. The first-order valence-electron chi connectivity index (χ1n) is 7.31. The van der Waals surface area contributed by atoms with Crippen LogP contribution < -0.4 is 0 Å². The number of aliphatic hydroxyl groups excluding tert-OH is 1. The summed E-state index contributed by atoms with van der Waals surface area (Å²) in [6, 6.07) is 8.78. The molecule has 1 heterocycles. The fourth-order valence-electron chi connectivity index (χ4n) is 2.85. The minimum Gasteiger partial charge on any atom is -0.393 e. The van der Waals surface area contributed by atoms with Gasteiger partial charge >= 0.3 is 0 Å². The Morgan fingerprint density at radius 3 is 2.74 bits per heavy atom. The third-order valence-corrected chi connectivity index (χ3v) is 4.22. The van der Waals surface area contributed by atoms with Crippen LogP contribution in [0.3, 0.4) is 0 Å². The Bertz CT molecular complexity index is 377. The maximum Gasteiger partial charge on any atom is 0.0512 e. The van der Waals surface area contributed by atoms with Gasteiger partial charge < -0.3 is 5.11 Å². The lowest BCUT2D eigenvalue weighted by atomic mass is 9.96. The molecule has 2 nitrogen and oxygen atoms in total. The number of likely N-dealkylation sites (tertiary alicyclic amines) is 1. The van der Waals surface area contributed by atoms with Crippen LogP contribution in [0.15, 0.2) is 24.3 Å². The first-order chi connectivity index (χ1) is 9.15. The van der Waals surface area contributed by atoms with E-state index in [9.17, 15) is 5.11 Å². The van der Waals surface area contributed by atoms with Crippen LogP contribution >= 0.6 is 11.6 Å². The van der Waals surface area contributed by atoms with Gasteiger partial charge in [-0.1, -0.05) is 30.2 Å². The van der Waals surface area contributed by atoms with Gasteiger partial charge in [0.2, 0.25) is 0 Å². The van der Waals surface area contributed by atoms with Crippen molar-refractivity contribution in [3.05, 3.63) is 34.9 Å². The molecule has 0 bridgehead atoms. The van der Waals surface area contributed by atoms with Crippen LogP contribution in [0.1, 0.15) is 44.6 Å². The molecule has 3 heteroatoms. The zero-order valence-corrected chi connectivity index (χ0v) is 12.4. The maximum atomic E-state index is 9.46. The van der Waals surface area contributed by atoms with Gasteiger partial charge in [-0.25, -0.2) is 0 Å². The van der Waals surface area contributed by atoms with Crippen molar-refractivity contribution in [1.29, 1.82) is 0 Å². The highest BCUT2D eigenvalue weighted by Crippen LogP contribution is 2.24. The number of hydrogen-bond acceptors (Lipinski definition) is 2. The summed E-state index contributed by atoms with van der Waals surface area (Å²) >= 11 is 5.93. The van der Waals surface area contributed by atoms with Crippen LogP contribution in [0, 0.1) is 0 Å². The summed E-state index contributed by atoms with van der Waals surface area (Å²) in [4.78, 5) is 2.56. The quantitative estimate of drug-likeness (QED) is 0.886. The van der Waals surface area contributed by atoms with E-state index in [-0.39, 0.29) is 6.10 Å². The molecule has 1 aromatic carbocycles. The number of piperidine rings is 1. The van der Waals surface area contributed by atoms with E-state index < -0.39 is 0 Å². The molecule has 0 radical (unpaired) electrons. The molecule has 0 aliphatic carbocycles. The van der Waals surface area contributed by atoms with Crippen LogP contribution in [-0.4, -0.2) is 28.7 Å². The van der Waals surface area contributed by atoms with Gasteiger partial charge in [0.25, 0.3) is 0 Å². The van der Waals surface area contributed by atoms with E-state index in [0.717, 1.165) is 24.4 Å². The predicted octanol–water partition coefficient (Wildman–Crippen LogP) is 3.86. The second-order valence-electron chi connectivity index (χ2n) is 5.67. The summed E-state index contributed by atoms with van der Waals surface area (Å²) < 4.78 is 0. The molecular formula is C16H24ClNO. The van der Waals surface area contributed by atoms with Crippen molar-refractivity contribution >= 4 is 11.6 Å². The summed E-state index contributed by atoms with van der Waals surface area (Å²) in [6.45, 7) is 4.06. The van der Waals surface area contributed by atoms with Gasteiger partial charge in [0.1, 0.15) is 0 Å². The fourth-order valence-corrected chi connectivity index (χ4v) is 2.98. The number of nitrogens with zero attached hydrogens (tertiary/aromatic N) is 1. The third-order valence-electron chi connectivity index (χ3n) is 3.97. The molecule has 19 heavy (non-hydrogen) atoms. The zero-order valence-electron chi connectivity index (χ0n) is 11.7. The minimum absolute atomic E-state index is 0.181. The summed E-state index contributed by atoms with van der Waals surface area (Å²) in [5.74, 6) is 0. The topological polar surface area (TPSA) is 23.5 Å². The molecule has 1 aliphatic rings. The number of hydrogen-bond donors (Lipinski definition) is 1. The zero-order chi connectivity index (χ0) is 13.7. The van der Waals surface area contributed by atoms with Crippen molar-refractivity contribution < 1.29 is 5.11 Å². The second-order valence-corrected chi connectivity index (χ2v) is 6.11. The van der Waals surface area contributed by atoms with Crippen LogP contribution in [0.25, 0.3) is 0 Å². The Morgan fingerprint density at radius 2 is 2.05 bits per heavy atom. The number of halogens is 1. The van der Waals surface area contributed by atoms with Gasteiger partial charge in [0.15, 0.2) is 0 Å². The molecule has 2 atom stereocenters. The number of benzene rings is 1. The van der Waals surface area contributed by atoms with E-state index in [1.165, 1.54) is 31.4 Å². The summed E-state index contributed by atoms with van der Waals surface area (Å²) in [6.07, 6.45) is 5.70. The standard InChI is InChI=1S/C16H24ClNO/c1-13(19)5-10-16-4-2-3-11-18(16)12-14-6-8-15(17)9-7-14/h6-9,13,16,19H,2-5,10-12H2,1H3. The Hall–Kier alpha value is -0.570. The Kier molecular flexibility index (Phi) is 5.68. The van der Waals surface area contributed by atoms with Gasteiger partial charge in [0, 0.05) is 17.6 Å². The molecule has 2 rings (SSSR count). The van der Waals surface area contributed by atoms with Gasteiger partial charge in [-0.15, -0.1) is 0 Å². The molecule has 0 saturated carbocycles. The molecule has 1 fully saturated rings. The molecule has 0 aromatic heterocycles. The normalized spacial score (nSPS) is 22.4. The highest BCUT2D eigenvalue weighted by molar-refractivity contribution is 6.30. The summed E-state index contributed by atoms with van der Waals surface area (Å²) in [5, 5.41) is 10.3. The van der Waals surface area contributed by atoms with E-state index >= 15 is 0 Å². The molecule has 0 amide bonds. The molecule has 0 spiro atoms. The molecule has 1 aromatic rings. The van der Waals surface area contributed by atoms with Crippen molar-refractivity contribution in [3.63, 3.8) is 0 Å². The van der Waals surface area contributed by atoms with Crippen LogP contribution in [0.2, 0.25) is 5.02 Å². The first-order valence-corrected chi connectivity index (χ1v) is 7.69. The first kappa shape index (κ1) is 14.8. The second kappa shape index (κ2) is 7.28. The average Bonchev–Trinajstić information content (AvgIpc) is 2.40.